The van der Waals surface area contributed by atoms with E-state index in [1.165, 1.54) is 11.8 Å². The van der Waals surface area contributed by atoms with Gasteiger partial charge in [-0.2, -0.15) is 0 Å². The number of benzene rings is 2. The van der Waals surface area contributed by atoms with Gasteiger partial charge >= 0.3 is 5.97 Å². The zero-order valence-corrected chi connectivity index (χ0v) is 20.1. The maximum atomic E-state index is 15.3. The van der Waals surface area contributed by atoms with Crippen LogP contribution in [0, 0.1) is 5.82 Å². The van der Waals surface area contributed by atoms with Crippen molar-refractivity contribution in [2.45, 2.75) is 69.6 Å². The molecule has 2 aromatic carbocycles. The van der Waals surface area contributed by atoms with Crippen LogP contribution in [0.5, 0.6) is 0 Å². The van der Waals surface area contributed by atoms with Gasteiger partial charge in [-0.05, 0) is 51.7 Å². The summed E-state index contributed by atoms with van der Waals surface area (Å²) in [5, 5.41) is 16.4. The van der Waals surface area contributed by atoms with E-state index < -0.39 is 22.8 Å². The third-order valence-electron chi connectivity index (χ3n) is 7.38. The topological polar surface area (TPSA) is 109 Å². The highest BCUT2D eigenvalue weighted by Gasteiger charge is 2.46. The number of aromatic carboxylic acids is 1. The van der Waals surface area contributed by atoms with Crippen LogP contribution in [0.2, 0.25) is 0 Å². The Balaban J connectivity index is 1.36. The smallest absolute Gasteiger partial charge is 0.341 e. The fraction of sp³-hybridized carbons (Fsp3) is 0.407. The molecule has 0 radical (unpaired) electrons. The molecule has 3 aromatic rings. The van der Waals surface area contributed by atoms with Gasteiger partial charge < -0.3 is 26.0 Å². The van der Waals surface area contributed by atoms with Crippen LogP contribution in [0.15, 0.2) is 47.4 Å². The molecule has 5 rings (SSSR count). The number of anilines is 2. The van der Waals surface area contributed by atoms with Crippen LogP contribution >= 0.6 is 0 Å². The fourth-order valence-electron chi connectivity index (χ4n) is 5.50. The van der Waals surface area contributed by atoms with E-state index in [1.807, 2.05) is 19.9 Å². The van der Waals surface area contributed by atoms with E-state index in [0.29, 0.717) is 23.5 Å². The normalized spacial score (nSPS) is 25.5. The summed E-state index contributed by atoms with van der Waals surface area (Å²) in [6, 6.07) is 12.7. The third-order valence-corrected chi connectivity index (χ3v) is 7.38. The van der Waals surface area contributed by atoms with Gasteiger partial charge in [-0.3, -0.25) is 4.79 Å². The molecule has 2 aliphatic rings. The second-order valence-corrected chi connectivity index (χ2v) is 10.5. The van der Waals surface area contributed by atoms with Crippen molar-refractivity contribution in [3.63, 3.8) is 0 Å². The first-order valence-electron chi connectivity index (χ1n) is 12.1. The van der Waals surface area contributed by atoms with Crippen LogP contribution in [0.4, 0.5) is 15.8 Å². The number of rotatable bonds is 7. The summed E-state index contributed by atoms with van der Waals surface area (Å²) in [5.74, 6) is -1.53. The molecule has 0 aliphatic heterocycles. The van der Waals surface area contributed by atoms with Crippen molar-refractivity contribution in [1.29, 1.82) is 0 Å². The monoisotopic (exact) mass is 478 g/mol. The molecule has 1 heterocycles. The lowest BCUT2D eigenvalue weighted by molar-refractivity contribution is 0.0694. The Labute approximate surface area is 203 Å². The van der Waals surface area contributed by atoms with Crippen molar-refractivity contribution in [1.82, 2.24) is 9.88 Å². The van der Waals surface area contributed by atoms with Gasteiger partial charge in [0, 0.05) is 35.8 Å². The molecule has 2 aliphatic carbocycles. The number of hydrogen-bond donors (Lipinski definition) is 4. The molecule has 0 spiro atoms. The first kappa shape index (κ1) is 23.4. The molecule has 1 aromatic heterocycles. The van der Waals surface area contributed by atoms with Gasteiger partial charge in [0.2, 0.25) is 5.43 Å². The number of aromatic nitrogens is 1. The number of pyridine rings is 1. The first-order valence-corrected chi connectivity index (χ1v) is 12.1. The first-order chi connectivity index (χ1) is 16.6. The molecule has 7 nitrogen and oxygen atoms in total. The van der Waals surface area contributed by atoms with Crippen molar-refractivity contribution < 1.29 is 14.3 Å². The maximum absolute atomic E-state index is 15.3. The molecule has 5 N–H and O–H groups in total. The van der Waals surface area contributed by atoms with E-state index in [-0.39, 0.29) is 28.3 Å². The van der Waals surface area contributed by atoms with E-state index in [4.69, 9.17) is 5.73 Å². The van der Waals surface area contributed by atoms with Crippen LogP contribution in [-0.2, 0) is 0 Å². The van der Waals surface area contributed by atoms with E-state index in [0.717, 1.165) is 19.3 Å². The molecule has 2 saturated carbocycles. The SMILES string of the molecule is CC(C)n1cc(C(=O)O)c(=O)c2c(N)c(F)c(N[C@]3(C)C[C@@H](N[C@H]4C[C@@H]4c4ccccc4)C3)cc21. The predicted molar refractivity (Wildman–Crippen MR) is 136 cm³/mol. The van der Waals surface area contributed by atoms with Crippen molar-refractivity contribution in [2.24, 2.45) is 0 Å². The largest absolute Gasteiger partial charge is 0.477 e. The van der Waals surface area contributed by atoms with Crippen molar-refractivity contribution >= 4 is 28.2 Å². The third kappa shape index (κ3) is 4.16. The van der Waals surface area contributed by atoms with Crippen LogP contribution in [0.3, 0.4) is 0 Å². The van der Waals surface area contributed by atoms with Crippen molar-refractivity contribution in [2.75, 3.05) is 11.1 Å². The summed E-state index contributed by atoms with van der Waals surface area (Å²) in [4.78, 5) is 24.4. The molecule has 184 valence electrons. The standard InChI is InChI=1S/C27H31FN4O3/c1-14(2)32-13-18(26(34)35)25(33)22-21(32)10-20(23(28)24(22)29)31-27(3)11-16(12-27)30-19-9-17(19)15-7-5-4-6-8-15/h4-8,10,13-14,16-17,19,30-31H,9,11-12,29H2,1-3H3,(H,34,35)/t16-,17-,19+,27-/m1/s1. The Morgan fingerprint density at radius 1 is 1.26 bits per heavy atom. The quantitative estimate of drug-likeness (QED) is 0.373. The molecule has 0 saturated heterocycles. The highest BCUT2D eigenvalue weighted by atomic mass is 19.1. The lowest BCUT2D eigenvalue weighted by atomic mass is 9.73. The van der Waals surface area contributed by atoms with Crippen LogP contribution in [-0.4, -0.2) is 33.3 Å². The number of carbonyl (C=O) groups is 1. The molecule has 2 atom stereocenters. The van der Waals surface area contributed by atoms with Gasteiger partial charge in [-0.1, -0.05) is 30.3 Å². The Bertz CT molecular complexity index is 1360. The van der Waals surface area contributed by atoms with Gasteiger partial charge in [0.25, 0.3) is 0 Å². The minimum absolute atomic E-state index is 0.0966. The highest BCUT2D eigenvalue weighted by Crippen LogP contribution is 2.44. The van der Waals surface area contributed by atoms with Crippen LogP contribution in [0.1, 0.15) is 67.9 Å². The van der Waals surface area contributed by atoms with Gasteiger partial charge in [0.05, 0.1) is 22.3 Å². The molecule has 2 fully saturated rings. The van der Waals surface area contributed by atoms with E-state index in [1.54, 1.807) is 10.6 Å². The van der Waals surface area contributed by atoms with Crippen molar-refractivity contribution in [3.8, 4) is 0 Å². The number of nitrogens with zero attached hydrogens (tertiary/aromatic N) is 1. The Morgan fingerprint density at radius 2 is 1.94 bits per heavy atom. The summed E-state index contributed by atoms with van der Waals surface area (Å²) < 4.78 is 17.0. The van der Waals surface area contributed by atoms with E-state index in [9.17, 15) is 14.7 Å². The number of carboxylic acids is 1. The maximum Gasteiger partial charge on any atom is 0.341 e. The Morgan fingerprint density at radius 3 is 2.57 bits per heavy atom. The second kappa shape index (κ2) is 8.37. The van der Waals surface area contributed by atoms with Crippen LogP contribution in [0.25, 0.3) is 10.9 Å². The predicted octanol–water partition coefficient (Wildman–Crippen LogP) is 4.48. The number of fused-ring (bicyclic) bond motifs is 1. The molecule has 0 bridgehead atoms. The summed E-state index contributed by atoms with van der Waals surface area (Å²) >= 11 is 0. The number of nitrogen functional groups attached to an aromatic ring is 1. The number of nitrogens with one attached hydrogen (secondary N) is 2. The second-order valence-electron chi connectivity index (χ2n) is 10.5. The van der Waals surface area contributed by atoms with Crippen molar-refractivity contribution in [3.05, 3.63) is 69.8 Å². The minimum atomic E-state index is -1.36. The van der Waals surface area contributed by atoms with Gasteiger partial charge in [-0.25, -0.2) is 9.18 Å². The summed E-state index contributed by atoms with van der Waals surface area (Å²) in [6.45, 7) is 5.79. The lowest BCUT2D eigenvalue weighted by Gasteiger charge is -2.47. The molecule has 35 heavy (non-hydrogen) atoms. The minimum Gasteiger partial charge on any atom is -0.477 e. The van der Waals surface area contributed by atoms with Crippen LogP contribution < -0.4 is 21.8 Å². The lowest BCUT2D eigenvalue weighted by Crippen LogP contribution is -2.56. The summed E-state index contributed by atoms with van der Waals surface area (Å²) in [5.41, 5.74) is 6.23. The fourth-order valence-corrected chi connectivity index (χ4v) is 5.50. The zero-order chi connectivity index (χ0) is 25.1. The number of nitrogens with two attached hydrogens (primary N) is 1. The van der Waals surface area contributed by atoms with Gasteiger partial charge in [0.15, 0.2) is 5.82 Å². The van der Waals surface area contributed by atoms with Gasteiger partial charge in [0.1, 0.15) is 5.56 Å². The molecular formula is C27H31FN4O3. The molecule has 0 amide bonds. The average Bonchev–Trinajstić information content (AvgIpc) is 3.55. The number of hydrogen-bond acceptors (Lipinski definition) is 5. The number of halogens is 1. The highest BCUT2D eigenvalue weighted by molar-refractivity contribution is 5.99. The van der Waals surface area contributed by atoms with E-state index in [2.05, 4.69) is 41.8 Å². The summed E-state index contributed by atoms with van der Waals surface area (Å²) in [7, 11) is 0. The molecular weight excluding hydrogens is 447 g/mol. The summed E-state index contributed by atoms with van der Waals surface area (Å²) in [6.07, 6.45) is 4.10. The van der Waals surface area contributed by atoms with Gasteiger partial charge in [-0.15, -0.1) is 0 Å². The molecule has 8 heteroatoms. The Kier molecular flexibility index (Phi) is 5.59. The Hall–Kier alpha value is -3.39. The number of carboxylic acid groups (broad SMARTS) is 1. The molecule has 0 unspecified atom stereocenters. The zero-order valence-electron chi connectivity index (χ0n) is 20.1. The average molecular weight is 479 g/mol. The van der Waals surface area contributed by atoms with E-state index >= 15 is 4.39 Å².